The number of nitrogens with zero attached hydrogens (tertiary/aromatic N) is 2. The Bertz CT molecular complexity index is 97.8. The number of rotatable bonds is 1. The van der Waals surface area contributed by atoms with E-state index >= 15 is 0 Å². The minimum Gasteiger partial charge on any atom is -0.314 e. The maximum Gasteiger partial charge on any atom is 0.0253 e. The lowest BCUT2D eigenvalue weighted by Gasteiger charge is -2.31. The van der Waals surface area contributed by atoms with E-state index in [2.05, 4.69) is 19.0 Å². The molecule has 3 nitrogen and oxygen atoms in total. The van der Waals surface area contributed by atoms with Crippen molar-refractivity contribution in [2.24, 2.45) is 0 Å². The first-order chi connectivity index (χ1) is 4.70. The molecule has 1 aliphatic rings. The van der Waals surface area contributed by atoms with Crippen LogP contribution in [0.15, 0.2) is 0 Å². The second-order valence-corrected chi connectivity index (χ2v) is 3.15. The van der Waals surface area contributed by atoms with Gasteiger partial charge in [-0.1, -0.05) is 0 Å². The highest BCUT2D eigenvalue weighted by molar-refractivity contribution is 4.72. The smallest absolute Gasteiger partial charge is 0.0253 e. The summed E-state index contributed by atoms with van der Waals surface area (Å²) in [7, 11) is 4.19. The lowest BCUT2D eigenvalue weighted by atomic mass is 10.1. The third-order valence-corrected chi connectivity index (χ3v) is 2.17. The van der Waals surface area contributed by atoms with E-state index in [9.17, 15) is 0 Å². The Labute approximate surface area is 62.2 Å². The second kappa shape index (κ2) is 3.32. The molecule has 3 heteroatoms. The third kappa shape index (κ3) is 1.94. The maximum atomic E-state index is 9.02. The van der Waals surface area contributed by atoms with E-state index in [0.717, 1.165) is 25.9 Å². The molecular formula is C7H16N2O. The minimum absolute atomic E-state index is 0.670. The molecule has 1 N–H and O–H groups in total. The van der Waals surface area contributed by atoms with Crippen molar-refractivity contribution in [3.8, 4) is 0 Å². The Kier molecular flexibility index (Phi) is 2.65. The van der Waals surface area contributed by atoms with E-state index in [-0.39, 0.29) is 0 Å². The molecule has 0 amide bonds. The summed E-state index contributed by atoms with van der Waals surface area (Å²) in [5.41, 5.74) is 0. The molecule has 0 unspecified atom stereocenters. The van der Waals surface area contributed by atoms with Gasteiger partial charge in [0.25, 0.3) is 0 Å². The Morgan fingerprint density at radius 2 is 1.80 bits per heavy atom. The topological polar surface area (TPSA) is 26.7 Å². The maximum absolute atomic E-state index is 9.02. The van der Waals surface area contributed by atoms with E-state index in [1.165, 1.54) is 5.06 Å². The Morgan fingerprint density at radius 1 is 1.30 bits per heavy atom. The number of hydrogen-bond acceptors (Lipinski definition) is 3. The Hall–Kier alpha value is -0.120. The van der Waals surface area contributed by atoms with Gasteiger partial charge in [-0.05, 0) is 26.9 Å². The highest BCUT2D eigenvalue weighted by Crippen LogP contribution is 2.11. The summed E-state index contributed by atoms with van der Waals surface area (Å²) in [4.78, 5) is 2.23. The standard InChI is InChI=1S/C7H16N2O/c1-8(2)7-3-5-9(10)6-4-7/h7,10H,3-6H2,1-2H3. The summed E-state index contributed by atoms with van der Waals surface area (Å²) in [5.74, 6) is 0. The van der Waals surface area contributed by atoms with E-state index in [1.807, 2.05) is 0 Å². The van der Waals surface area contributed by atoms with Gasteiger partial charge in [0, 0.05) is 19.1 Å². The van der Waals surface area contributed by atoms with Crippen LogP contribution in [0.4, 0.5) is 0 Å². The predicted octanol–water partition coefficient (Wildman–Crippen LogP) is 0.402. The zero-order valence-corrected chi connectivity index (χ0v) is 6.75. The fraction of sp³-hybridized carbons (Fsp3) is 1.00. The average Bonchev–Trinajstić information content (AvgIpc) is 1.88. The summed E-state index contributed by atoms with van der Waals surface area (Å²) in [5, 5.41) is 10.4. The number of hydrogen-bond donors (Lipinski definition) is 1. The van der Waals surface area contributed by atoms with Crippen LogP contribution in [0.5, 0.6) is 0 Å². The van der Waals surface area contributed by atoms with E-state index in [0.29, 0.717) is 6.04 Å². The molecule has 0 bridgehead atoms. The molecule has 0 radical (unpaired) electrons. The van der Waals surface area contributed by atoms with Crippen molar-refractivity contribution in [2.75, 3.05) is 27.2 Å². The van der Waals surface area contributed by atoms with Crippen molar-refractivity contribution in [1.82, 2.24) is 9.96 Å². The van der Waals surface area contributed by atoms with Crippen molar-refractivity contribution in [3.05, 3.63) is 0 Å². The second-order valence-electron chi connectivity index (χ2n) is 3.15. The van der Waals surface area contributed by atoms with Crippen LogP contribution < -0.4 is 0 Å². The Morgan fingerprint density at radius 3 is 2.20 bits per heavy atom. The molecular weight excluding hydrogens is 128 g/mol. The minimum atomic E-state index is 0.670. The van der Waals surface area contributed by atoms with Gasteiger partial charge < -0.3 is 10.1 Å². The summed E-state index contributed by atoms with van der Waals surface area (Å²) < 4.78 is 0. The van der Waals surface area contributed by atoms with Gasteiger partial charge in [0.1, 0.15) is 0 Å². The highest BCUT2D eigenvalue weighted by Gasteiger charge is 2.18. The van der Waals surface area contributed by atoms with Crippen LogP contribution in [-0.4, -0.2) is 48.4 Å². The first-order valence-corrected chi connectivity index (χ1v) is 3.80. The lowest BCUT2D eigenvalue weighted by Crippen LogP contribution is -2.40. The van der Waals surface area contributed by atoms with E-state index < -0.39 is 0 Å². The fourth-order valence-corrected chi connectivity index (χ4v) is 1.37. The third-order valence-electron chi connectivity index (χ3n) is 2.17. The summed E-state index contributed by atoms with van der Waals surface area (Å²) in [6.07, 6.45) is 2.17. The van der Waals surface area contributed by atoms with Crippen LogP contribution in [0.3, 0.4) is 0 Å². The van der Waals surface area contributed by atoms with Gasteiger partial charge in [0.05, 0.1) is 0 Å². The van der Waals surface area contributed by atoms with Crippen molar-refractivity contribution in [3.63, 3.8) is 0 Å². The quantitative estimate of drug-likeness (QED) is 0.577. The summed E-state index contributed by atoms with van der Waals surface area (Å²) in [6, 6.07) is 0.670. The van der Waals surface area contributed by atoms with Gasteiger partial charge in [-0.15, -0.1) is 0 Å². The molecule has 1 heterocycles. The molecule has 60 valence electrons. The van der Waals surface area contributed by atoms with Crippen LogP contribution in [0.25, 0.3) is 0 Å². The summed E-state index contributed by atoms with van der Waals surface area (Å²) in [6.45, 7) is 1.64. The molecule has 10 heavy (non-hydrogen) atoms. The van der Waals surface area contributed by atoms with Gasteiger partial charge in [0.15, 0.2) is 0 Å². The lowest BCUT2D eigenvalue weighted by molar-refractivity contribution is -0.113. The van der Waals surface area contributed by atoms with Gasteiger partial charge in [0.2, 0.25) is 0 Å². The first kappa shape index (κ1) is 7.98. The molecule has 0 atom stereocenters. The first-order valence-electron chi connectivity index (χ1n) is 3.80. The normalized spacial score (nSPS) is 24.0. The SMILES string of the molecule is CN(C)C1CCN(O)CC1. The molecule has 1 aliphatic heterocycles. The highest BCUT2D eigenvalue weighted by atomic mass is 16.5. The molecule has 0 aromatic carbocycles. The molecule has 0 aromatic rings. The molecule has 1 saturated heterocycles. The average molecular weight is 144 g/mol. The number of hydroxylamine groups is 2. The van der Waals surface area contributed by atoms with Crippen LogP contribution in [-0.2, 0) is 0 Å². The zero-order chi connectivity index (χ0) is 7.56. The van der Waals surface area contributed by atoms with E-state index in [4.69, 9.17) is 5.21 Å². The van der Waals surface area contributed by atoms with Crippen LogP contribution in [0, 0.1) is 0 Å². The molecule has 0 aromatic heterocycles. The van der Waals surface area contributed by atoms with E-state index in [1.54, 1.807) is 0 Å². The van der Waals surface area contributed by atoms with Crippen LogP contribution in [0.2, 0.25) is 0 Å². The van der Waals surface area contributed by atoms with Crippen LogP contribution >= 0.6 is 0 Å². The van der Waals surface area contributed by atoms with Crippen molar-refractivity contribution in [2.45, 2.75) is 18.9 Å². The molecule has 1 rings (SSSR count). The zero-order valence-electron chi connectivity index (χ0n) is 6.75. The number of piperidine rings is 1. The molecule has 0 spiro atoms. The predicted molar refractivity (Wildman–Crippen MR) is 40.1 cm³/mol. The van der Waals surface area contributed by atoms with Gasteiger partial charge in [-0.25, -0.2) is 0 Å². The van der Waals surface area contributed by atoms with Crippen molar-refractivity contribution in [1.29, 1.82) is 0 Å². The molecule has 0 aliphatic carbocycles. The van der Waals surface area contributed by atoms with Gasteiger partial charge >= 0.3 is 0 Å². The van der Waals surface area contributed by atoms with Crippen molar-refractivity contribution < 1.29 is 5.21 Å². The van der Waals surface area contributed by atoms with Gasteiger partial charge in [-0.2, -0.15) is 5.06 Å². The molecule has 0 saturated carbocycles. The molecule has 1 fully saturated rings. The fourth-order valence-electron chi connectivity index (χ4n) is 1.37. The largest absolute Gasteiger partial charge is 0.314 e. The van der Waals surface area contributed by atoms with Crippen molar-refractivity contribution >= 4 is 0 Å². The monoisotopic (exact) mass is 144 g/mol. The Balaban J connectivity index is 2.26. The summed E-state index contributed by atoms with van der Waals surface area (Å²) >= 11 is 0. The van der Waals surface area contributed by atoms with Gasteiger partial charge in [-0.3, -0.25) is 0 Å². The van der Waals surface area contributed by atoms with Crippen LogP contribution in [0.1, 0.15) is 12.8 Å².